The fraction of sp³-hybridized carbons (Fsp3) is 0.471. The molecule has 0 spiro atoms. The minimum Gasteiger partial charge on any atom is -0.370 e. The van der Waals surface area contributed by atoms with Crippen LogP contribution in [-0.2, 0) is 0 Å². The van der Waals surface area contributed by atoms with E-state index >= 15 is 0 Å². The van der Waals surface area contributed by atoms with Gasteiger partial charge in [-0.1, -0.05) is 18.9 Å². The summed E-state index contributed by atoms with van der Waals surface area (Å²) in [5.41, 5.74) is 3.16. The zero-order chi connectivity index (χ0) is 14.7. The predicted molar refractivity (Wildman–Crippen MR) is 85.4 cm³/mol. The molecule has 1 saturated carbocycles. The molecule has 2 aromatic rings. The molecule has 21 heavy (non-hydrogen) atoms. The van der Waals surface area contributed by atoms with Crippen LogP contribution in [0.4, 0.5) is 5.82 Å². The normalized spacial score (nSPS) is 15.3. The van der Waals surface area contributed by atoms with E-state index < -0.39 is 0 Å². The molecule has 0 aliphatic heterocycles. The molecule has 0 amide bonds. The van der Waals surface area contributed by atoms with Crippen molar-refractivity contribution in [1.82, 2.24) is 15.0 Å². The average Bonchev–Trinajstić information content (AvgIpc) is 3.02. The molecule has 1 N–H and O–H groups in total. The molecule has 3 rings (SSSR count). The van der Waals surface area contributed by atoms with Gasteiger partial charge in [-0.05, 0) is 38.3 Å². The number of aryl methyl sites for hydroxylation is 1. The van der Waals surface area contributed by atoms with Gasteiger partial charge in [0.15, 0.2) is 5.82 Å². The van der Waals surface area contributed by atoms with E-state index in [0.717, 1.165) is 35.1 Å². The SMILES string of the molecule is CCNc1cc(C2CCCC2)nc(-c2ccc(C)cn2)n1. The lowest BCUT2D eigenvalue weighted by molar-refractivity contribution is 0.695. The quantitative estimate of drug-likeness (QED) is 0.923. The molecule has 0 unspecified atom stereocenters. The molecule has 0 radical (unpaired) electrons. The first-order chi connectivity index (χ1) is 10.3. The zero-order valence-electron chi connectivity index (χ0n) is 12.8. The Hall–Kier alpha value is -1.97. The largest absolute Gasteiger partial charge is 0.370 e. The van der Waals surface area contributed by atoms with Crippen LogP contribution in [0.3, 0.4) is 0 Å². The predicted octanol–water partition coefficient (Wildman–Crippen LogP) is 3.94. The Kier molecular flexibility index (Phi) is 4.13. The Labute approximate surface area is 126 Å². The van der Waals surface area contributed by atoms with E-state index in [-0.39, 0.29) is 0 Å². The van der Waals surface area contributed by atoms with Crippen LogP contribution in [0.1, 0.15) is 49.8 Å². The summed E-state index contributed by atoms with van der Waals surface area (Å²) in [5, 5.41) is 3.31. The maximum atomic E-state index is 4.78. The lowest BCUT2D eigenvalue weighted by Crippen LogP contribution is -2.06. The Bertz CT molecular complexity index is 601. The van der Waals surface area contributed by atoms with Crippen LogP contribution in [-0.4, -0.2) is 21.5 Å². The van der Waals surface area contributed by atoms with Crippen LogP contribution in [0, 0.1) is 6.92 Å². The van der Waals surface area contributed by atoms with Gasteiger partial charge in [0, 0.05) is 30.4 Å². The van der Waals surface area contributed by atoms with Gasteiger partial charge in [0.05, 0.1) is 0 Å². The smallest absolute Gasteiger partial charge is 0.180 e. The van der Waals surface area contributed by atoms with Crippen LogP contribution in [0.15, 0.2) is 24.4 Å². The number of aromatic nitrogens is 3. The number of hydrogen-bond donors (Lipinski definition) is 1. The van der Waals surface area contributed by atoms with E-state index in [1.807, 2.05) is 19.2 Å². The maximum absolute atomic E-state index is 4.78. The van der Waals surface area contributed by atoms with Gasteiger partial charge in [-0.3, -0.25) is 4.98 Å². The van der Waals surface area contributed by atoms with Gasteiger partial charge < -0.3 is 5.32 Å². The first-order valence-electron chi connectivity index (χ1n) is 7.82. The van der Waals surface area contributed by atoms with Crippen molar-refractivity contribution in [2.75, 3.05) is 11.9 Å². The van der Waals surface area contributed by atoms with Crippen molar-refractivity contribution in [3.8, 4) is 11.5 Å². The number of nitrogens with one attached hydrogen (secondary N) is 1. The van der Waals surface area contributed by atoms with Gasteiger partial charge in [0.2, 0.25) is 0 Å². The van der Waals surface area contributed by atoms with E-state index in [9.17, 15) is 0 Å². The number of hydrogen-bond acceptors (Lipinski definition) is 4. The molecule has 1 aliphatic carbocycles. The fourth-order valence-electron chi connectivity index (χ4n) is 2.88. The van der Waals surface area contributed by atoms with E-state index in [4.69, 9.17) is 4.98 Å². The topological polar surface area (TPSA) is 50.7 Å². The van der Waals surface area contributed by atoms with Gasteiger partial charge in [0.1, 0.15) is 11.5 Å². The first-order valence-corrected chi connectivity index (χ1v) is 7.82. The Morgan fingerprint density at radius 3 is 2.67 bits per heavy atom. The minimum atomic E-state index is 0.578. The molecular formula is C17H22N4. The maximum Gasteiger partial charge on any atom is 0.180 e. The third-order valence-electron chi connectivity index (χ3n) is 4.02. The van der Waals surface area contributed by atoms with Gasteiger partial charge in [-0.2, -0.15) is 0 Å². The van der Waals surface area contributed by atoms with Crippen LogP contribution >= 0.6 is 0 Å². The number of anilines is 1. The van der Waals surface area contributed by atoms with Crippen LogP contribution in [0.2, 0.25) is 0 Å². The molecule has 2 aromatic heterocycles. The van der Waals surface area contributed by atoms with Crippen LogP contribution < -0.4 is 5.32 Å². The molecule has 110 valence electrons. The van der Waals surface area contributed by atoms with Crippen molar-refractivity contribution in [1.29, 1.82) is 0 Å². The molecule has 0 atom stereocenters. The lowest BCUT2D eigenvalue weighted by Gasteiger charge is -2.13. The average molecular weight is 282 g/mol. The van der Waals surface area contributed by atoms with Crippen molar-refractivity contribution in [3.05, 3.63) is 35.7 Å². The summed E-state index contributed by atoms with van der Waals surface area (Å²) >= 11 is 0. The summed E-state index contributed by atoms with van der Waals surface area (Å²) in [6.45, 7) is 4.99. The Morgan fingerprint density at radius 1 is 1.19 bits per heavy atom. The summed E-state index contributed by atoms with van der Waals surface area (Å²) in [6, 6.07) is 6.16. The lowest BCUT2D eigenvalue weighted by atomic mass is 10.0. The fourth-order valence-corrected chi connectivity index (χ4v) is 2.88. The second-order valence-corrected chi connectivity index (χ2v) is 5.73. The summed E-state index contributed by atoms with van der Waals surface area (Å²) in [6.07, 6.45) is 6.97. The molecule has 1 fully saturated rings. The van der Waals surface area contributed by atoms with Crippen molar-refractivity contribution in [3.63, 3.8) is 0 Å². The highest BCUT2D eigenvalue weighted by atomic mass is 15.0. The van der Waals surface area contributed by atoms with Crippen molar-refractivity contribution >= 4 is 5.82 Å². The molecule has 0 bridgehead atoms. The second kappa shape index (κ2) is 6.20. The third kappa shape index (κ3) is 3.20. The number of rotatable bonds is 4. The van der Waals surface area contributed by atoms with Gasteiger partial charge in [-0.15, -0.1) is 0 Å². The van der Waals surface area contributed by atoms with E-state index in [1.165, 1.54) is 25.7 Å². The second-order valence-electron chi connectivity index (χ2n) is 5.73. The molecular weight excluding hydrogens is 260 g/mol. The first kappa shape index (κ1) is 14.0. The van der Waals surface area contributed by atoms with Crippen molar-refractivity contribution < 1.29 is 0 Å². The molecule has 2 heterocycles. The Balaban J connectivity index is 1.99. The summed E-state index contributed by atoms with van der Waals surface area (Å²) < 4.78 is 0. The van der Waals surface area contributed by atoms with Crippen molar-refractivity contribution in [2.24, 2.45) is 0 Å². The van der Waals surface area contributed by atoms with Gasteiger partial charge >= 0.3 is 0 Å². The van der Waals surface area contributed by atoms with Crippen LogP contribution in [0.5, 0.6) is 0 Å². The highest BCUT2D eigenvalue weighted by molar-refractivity contribution is 5.53. The number of nitrogens with zero attached hydrogens (tertiary/aromatic N) is 3. The van der Waals surface area contributed by atoms with E-state index in [2.05, 4.69) is 34.3 Å². The molecule has 0 aromatic carbocycles. The Morgan fingerprint density at radius 2 is 2.00 bits per heavy atom. The van der Waals surface area contributed by atoms with E-state index in [1.54, 1.807) is 0 Å². The zero-order valence-corrected chi connectivity index (χ0v) is 12.8. The van der Waals surface area contributed by atoms with Gasteiger partial charge in [0.25, 0.3) is 0 Å². The van der Waals surface area contributed by atoms with Gasteiger partial charge in [-0.25, -0.2) is 9.97 Å². The van der Waals surface area contributed by atoms with E-state index in [0.29, 0.717) is 5.92 Å². The minimum absolute atomic E-state index is 0.578. The molecule has 4 heteroatoms. The molecule has 1 aliphatic rings. The highest BCUT2D eigenvalue weighted by Crippen LogP contribution is 2.34. The third-order valence-corrected chi connectivity index (χ3v) is 4.02. The number of pyridine rings is 1. The monoisotopic (exact) mass is 282 g/mol. The standard InChI is InChI=1S/C17H22N4/c1-3-18-16-10-15(13-6-4-5-7-13)20-17(21-16)14-9-8-12(2)11-19-14/h8-11,13H,3-7H2,1-2H3,(H,18,20,21). The highest BCUT2D eigenvalue weighted by Gasteiger charge is 2.20. The van der Waals surface area contributed by atoms with Crippen LogP contribution in [0.25, 0.3) is 11.5 Å². The summed E-state index contributed by atoms with van der Waals surface area (Å²) in [5.74, 6) is 2.22. The molecule has 4 nitrogen and oxygen atoms in total. The summed E-state index contributed by atoms with van der Waals surface area (Å²) in [4.78, 5) is 13.9. The molecule has 0 saturated heterocycles. The summed E-state index contributed by atoms with van der Waals surface area (Å²) in [7, 11) is 0. The van der Waals surface area contributed by atoms with Crippen molar-refractivity contribution in [2.45, 2.75) is 45.4 Å².